The van der Waals surface area contributed by atoms with Crippen LogP contribution < -0.4 is 0 Å². The van der Waals surface area contributed by atoms with E-state index in [2.05, 4.69) is 27.7 Å². The zero-order chi connectivity index (χ0) is 17.7. The lowest BCUT2D eigenvalue weighted by molar-refractivity contribution is -0.148. The number of carbonyl (C=O) groups excluding carboxylic acids is 2. The third kappa shape index (κ3) is 6.29. The predicted octanol–water partition coefficient (Wildman–Crippen LogP) is 4.28. The first-order chi connectivity index (χ1) is 11.3. The topological polar surface area (TPSA) is 52.6 Å². The van der Waals surface area contributed by atoms with E-state index in [9.17, 15) is 9.59 Å². The summed E-state index contributed by atoms with van der Waals surface area (Å²) in [5.74, 6) is 1.44. The molecule has 2 aliphatic rings. The zero-order valence-electron chi connectivity index (χ0n) is 15.5. The summed E-state index contributed by atoms with van der Waals surface area (Å²) in [6, 6.07) is 0. The van der Waals surface area contributed by atoms with Gasteiger partial charge >= 0.3 is 11.9 Å². The molecule has 0 heterocycles. The van der Waals surface area contributed by atoms with Gasteiger partial charge in [-0.3, -0.25) is 0 Å². The highest BCUT2D eigenvalue weighted by Gasteiger charge is 2.27. The van der Waals surface area contributed by atoms with Crippen molar-refractivity contribution in [1.82, 2.24) is 0 Å². The number of rotatable bonds is 4. The van der Waals surface area contributed by atoms with Crippen LogP contribution in [0.15, 0.2) is 12.2 Å². The average molecular weight is 336 g/mol. The van der Waals surface area contributed by atoms with Gasteiger partial charge in [0.1, 0.15) is 12.2 Å². The minimum absolute atomic E-state index is 0.0306. The van der Waals surface area contributed by atoms with E-state index < -0.39 is 11.9 Å². The second kappa shape index (κ2) is 8.68. The first-order valence-corrected chi connectivity index (χ1v) is 9.41. The average Bonchev–Trinajstić information content (AvgIpc) is 2.42. The lowest BCUT2D eigenvalue weighted by Crippen LogP contribution is -2.28. The Hall–Kier alpha value is -1.32. The molecule has 0 radical (unpaired) electrons. The van der Waals surface area contributed by atoms with Crippen molar-refractivity contribution in [3.63, 3.8) is 0 Å². The normalized spacial score (nSPS) is 37.2. The lowest BCUT2D eigenvalue weighted by atomic mass is 9.82. The molecule has 0 saturated heterocycles. The Morgan fingerprint density at radius 3 is 1.21 bits per heavy atom. The fourth-order valence-corrected chi connectivity index (χ4v) is 4.48. The highest BCUT2D eigenvalue weighted by atomic mass is 16.5. The standard InChI is InChI=1S/C20H32O4/c1-13-7-14(2)10-17(9-13)23-19(21)5-6-20(22)24-18-11-15(3)8-16(4)12-18/h5-6,13-18H,7-12H2,1-4H3/b6-5+. The number of esters is 2. The molecular weight excluding hydrogens is 304 g/mol. The van der Waals surface area contributed by atoms with Crippen LogP contribution in [0.2, 0.25) is 0 Å². The van der Waals surface area contributed by atoms with Crippen LogP contribution in [0.1, 0.15) is 66.2 Å². The maximum Gasteiger partial charge on any atom is 0.331 e. The third-order valence-electron chi connectivity index (χ3n) is 5.19. The molecule has 0 spiro atoms. The van der Waals surface area contributed by atoms with E-state index in [0.29, 0.717) is 23.7 Å². The van der Waals surface area contributed by atoms with Crippen LogP contribution in [0.4, 0.5) is 0 Å². The molecule has 0 bridgehead atoms. The van der Waals surface area contributed by atoms with Gasteiger partial charge in [-0.15, -0.1) is 0 Å². The summed E-state index contributed by atoms with van der Waals surface area (Å²) in [5, 5.41) is 0. The number of hydrogen-bond acceptors (Lipinski definition) is 4. The van der Waals surface area contributed by atoms with Crippen molar-refractivity contribution < 1.29 is 19.1 Å². The molecule has 2 aliphatic carbocycles. The van der Waals surface area contributed by atoms with Crippen LogP contribution in [-0.4, -0.2) is 24.1 Å². The minimum Gasteiger partial charge on any atom is -0.459 e. The molecule has 24 heavy (non-hydrogen) atoms. The number of hydrogen-bond donors (Lipinski definition) is 0. The Balaban J connectivity index is 1.75. The summed E-state index contributed by atoms with van der Waals surface area (Å²) in [7, 11) is 0. The van der Waals surface area contributed by atoms with E-state index in [0.717, 1.165) is 25.7 Å². The first-order valence-electron chi connectivity index (χ1n) is 9.41. The van der Waals surface area contributed by atoms with Gasteiger partial charge < -0.3 is 9.47 Å². The van der Waals surface area contributed by atoms with E-state index in [1.165, 1.54) is 25.0 Å². The van der Waals surface area contributed by atoms with Crippen molar-refractivity contribution >= 4 is 11.9 Å². The first kappa shape index (κ1) is 19.0. The Bertz CT molecular complexity index is 408. The molecule has 136 valence electrons. The highest BCUT2D eigenvalue weighted by molar-refractivity contribution is 5.91. The van der Waals surface area contributed by atoms with Crippen molar-refractivity contribution in [2.75, 3.05) is 0 Å². The number of carbonyl (C=O) groups is 2. The molecule has 4 heteroatoms. The highest BCUT2D eigenvalue weighted by Crippen LogP contribution is 2.31. The molecular formula is C20H32O4. The fourth-order valence-electron chi connectivity index (χ4n) is 4.48. The summed E-state index contributed by atoms with van der Waals surface area (Å²) in [4.78, 5) is 23.8. The van der Waals surface area contributed by atoms with E-state index in [4.69, 9.17) is 9.47 Å². The Morgan fingerprint density at radius 1 is 0.625 bits per heavy atom. The van der Waals surface area contributed by atoms with Crippen molar-refractivity contribution in [1.29, 1.82) is 0 Å². The molecule has 4 nitrogen and oxygen atoms in total. The smallest absolute Gasteiger partial charge is 0.331 e. The lowest BCUT2D eigenvalue weighted by Gasteiger charge is -2.31. The molecule has 0 aromatic rings. The maximum absolute atomic E-state index is 11.9. The molecule has 0 aliphatic heterocycles. The fraction of sp³-hybridized carbons (Fsp3) is 0.800. The van der Waals surface area contributed by atoms with E-state index in [1.807, 2.05) is 0 Å². The van der Waals surface area contributed by atoms with Crippen LogP contribution in [0, 0.1) is 23.7 Å². The molecule has 2 fully saturated rings. The largest absolute Gasteiger partial charge is 0.459 e. The van der Waals surface area contributed by atoms with Gasteiger partial charge in [0.25, 0.3) is 0 Å². The van der Waals surface area contributed by atoms with E-state index in [1.54, 1.807) is 0 Å². The van der Waals surface area contributed by atoms with Gasteiger partial charge in [-0.25, -0.2) is 9.59 Å². The summed E-state index contributed by atoms with van der Waals surface area (Å²) < 4.78 is 10.9. The second-order valence-electron chi connectivity index (χ2n) is 8.29. The molecule has 4 atom stereocenters. The summed E-state index contributed by atoms with van der Waals surface area (Å²) in [5.41, 5.74) is 0. The molecule has 0 aromatic carbocycles. The Morgan fingerprint density at radius 2 is 0.917 bits per heavy atom. The van der Waals surface area contributed by atoms with Crippen LogP contribution in [0.25, 0.3) is 0 Å². The summed E-state index contributed by atoms with van der Waals surface area (Å²) >= 11 is 0. The molecule has 2 rings (SSSR count). The zero-order valence-corrected chi connectivity index (χ0v) is 15.5. The molecule has 0 amide bonds. The molecule has 2 saturated carbocycles. The predicted molar refractivity (Wildman–Crippen MR) is 93.3 cm³/mol. The third-order valence-corrected chi connectivity index (χ3v) is 5.19. The maximum atomic E-state index is 11.9. The van der Waals surface area contributed by atoms with Crippen LogP contribution in [-0.2, 0) is 19.1 Å². The van der Waals surface area contributed by atoms with Gasteiger partial charge in [-0.1, -0.05) is 27.7 Å². The van der Waals surface area contributed by atoms with Gasteiger partial charge in [0.05, 0.1) is 0 Å². The van der Waals surface area contributed by atoms with E-state index in [-0.39, 0.29) is 12.2 Å². The van der Waals surface area contributed by atoms with E-state index >= 15 is 0 Å². The summed E-state index contributed by atoms with van der Waals surface area (Å²) in [6.45, 7) is 8.76. The second-order valence-corrected chi connectivity index (χ2v) is 8.29. The summed E-state index contributed by atoms with van der Waals surface area (Å²) in [6.07, 6.45) is 8.37. The van der Waals surface area contributed by atoms with Crippen LogP contribution >= 0.6 is 0 Å². The van der Waals surface area contributed by atoms with Crippen molar-refractivity contribution in [3.8, 4) is 0 Å². The number of ether oxygens (including phenoxy) is 2. The van der Waals surface area contributed by atoms with Gasteiger partial charge in [-0.2, -0.15) is 0 Å². The van der Waals surface area contributed by atoms with Gasteiger partial charge in [-0.05, 0) is 62.2 Å². The molecule has 0 aromatic heterocycles. The van der Waals surface area contributed by atoms with Crippen molar-refractivity contribution in [2.24, 2.45) is 23.7 Å². The molecule has 0 N–H and O–H groups in total. The van der Waals surface area contributed by atoms with Gasteiger partial charge in [0, 0.05) is 12.2 Å². The minimum atomic E-state index is -0.441. The SMILES string of the molecule is CC1CC(C)CC(OC(=O)/C=C/C(=O)OC2CC(C)CC(C)C2)C1. The Labute approximate surface area is 146 Å². The van der Waals surface area contributed by atoms with Gasteiger partial charge in [0.15, 0.2) is 0 Å². The molecule has 4 unspecified atom stereocenters. The van der Waals surface area contributed by atoms with Crippen molar-refractivity contribution in [3.05, 3.63) is 12.2 Å². The monoisotopic (exact) mass is 336 g/mol. The quantitative estimate of drug-likeness (QED) is 0.568. The van der Waals surface area contributed by atoms with Crippen molar-refractivity contribution in [2.45, 2.75) is 78.4 Å². The van der Waals surface area contributed by atoms with Gasteiger partial charge in [0.2, 0.25) is 0 Å². The van der Waals surface area contributed by atoms with Crippen LogP contribution in [0.5, 0.6) is 0 Å². The Kier molecular flexibility index (Phi) is 6.88. The van der Waals surface area contributed by atoms with Crippen LogP contribution in [0.3, 0.4) is 0 Å².